The van der Waals surface area contributed by atoms with Crippen molar-refractivity contribution in [3.8, 4) is 0 Å². The molecule has 0 rings (SSSR count). The van der Waals surface area contributed by atoms with Crippen LogP contribution in [0.4, 0.5) is 0 Å². The number of ether oxygens (including phenoxy) is 1. The maximum Gasteiger partial charge on any atom is 0.264 e. The van der Waals surface area contributed by atoms with Crippen molar-refractivity contribution in [3.63, 3.8) is 0 Å². The predicted molar refractivity (Wildman–Crippen MR) is 66.2 cm³/mol. The van der Waals surface area contributed by atoms with E-state index >= 15 is 0 Å². The van der Waals surface area contributed by atoms with Gasteiger partial charge in [0, 0.05) is 0 Å². The summed E-state index contributed by atoms with van der Waals surface area (Å²) in [5.74, 6) is 0. The van der Waals surface area contributed by atoms with Crippen molar-refractivity contribution in [2.24, 2.45) is 0 Å². The minimum atomic E-state index is -3.45. The fourth-order valence-electron chi connectivity index (χ4n) is 1.14. The van der Waals surface area contributed by atoms with Crippen molar-refractivity contribution in [1.29, 1.82) is 0 Å². The van der Waals surface area contributed by atoms with Crippen LogP contribution in [-0.2, 0) is 33.3 Å². The van der Waals surface area contributed by atoms with Crippen LogP contribution in [0.2, 0.25) is 0 Å². The molecule has 0 heterocycles. The van der Waals surface area contributed by atoms with Gasteiger partial charge in [0.15, 0.2) is 0 Å². The topological polar surface area (TPSA) is 96.0 Å². The summed E-state index contributed by atoms with van der Waals surface area (Å²) in [5.41, 5.74) is 0. The molecule has 0 bridgehead atoms. The summed E-state index contributed by atoms with van der Waals surface area (Å²) in [5, 5.41) is 0. The molecule has 0 saturated carbocycles. The van der Waals surface area contributed by atoms with E-state index in [0.29, 0.717) is 12.8 Å². The maximum atomic E-state index is 10.7. The molecule has 110 valence electrons. The third-order valence-corrected chi connectivity index (χ3v) is 3.12. The van der Waals surface area contributed by atoms with Gasteiger partial charge in [-0.15, -0.1) is 0 Å². The Kier molecular flexibility index (Phi) is 7.95. The zero-order valence-corrected chi connectivity index (χ0v) is 12.4. The smallest absolute Gasteiger partial charge is 0.264 e. The Morgan fingerprint density at radius 3 is 1.83 bits per heavy atom. The van der Waals surface area contributed by atoms with E-state index in [9.17, 15) is 16.8 Å². The Balaban J connectivity index is 3.78. The zero-order chi connectivity index (χ0) is 14.2. The first kappa shape index (κ1) is 17.8. The van der Waals surface area contributed by atoms with Gasteiger partial charge in [-0.1, -0.05) is 6.92 Å². The zero-order valence-electron chi connectivity index (χ0n) is 10.8. The van der Waals surface area contributed by atoms with Gasteiger partial charge in [0.1, 0.15) is 0 Å². The van der Waals surface area contributed by atoms with Gasteiger partial charge in [0.2, 0.25) is 0 Å². The predicted octanol–water partition coefficient (Wildman–Crippen LogP) is 0.124. The molecule has 0 fully saturated rings. The largest absolute Gasteiger partial charge is 0.376 e. The molecule has 0 aromatic rings. The molecule has 0 N–H and O–H groups in total. The van der Waals surface area contributed by atoms with Crippen molar-refractivity contribution in [1.82, 2.24) is 0 Å². The summed E-state index contributed by atoms with van der Waals surface area (Å²) < 4.78 is 57.2. The maximum absolute atomic E-state index is 10.7. The summed E-state index contributed by atoms with van der Waals surface area (Å²) in [6, 6.07) is 0. The molecule has 0 aliphatic heterocycles. The lowest BCUT2D eigenvalue weighted by atomic mass is 10.2. The van der Waals surface area contributed by atoms with Crippen LogP contribution in [0.3, 0.4) is 0 Å². The SMILES string of the molecule is CC[C@H](CCOS(C)(=O)=O)OCCOS(C)(=O)=O. The summed E-state index contributed by atoms with van der Waals surface area (Å²) >= 11 is 0. The van der Waals surface area contributed by atoms with Gasteiger partial charge in [-0.2, -0.15) is 16.8 Å². The first-order valence-electron chi connectivity index (χ1n) is 5.44. The van der Waals surface area contributed by atoms with Crippen LogP contribution in [0, 0.1) is 0 Å². The van der Waals surface area contributed by atoms with Gasteiger partial charge in [-0.05, 0) is 12.8 Å². The molecule has 0 radical (unpaired) electrons. The average Bonchev–Trinajstić information content (AvgIpc) is 2.18. The molecule has 0 amide bonds. The normalized spacial score (nSPS) is 14.6. The Morgan fingerprint density at radius 1 is 0.889 bits per heavy atom. The van der Waals surface area contributed by atoms with E-state index in [1.54, 1.807) is 0 Å². The van der Waals surface area contributed by atoms with E-state index in [1.807, 2.05) is 6.92 Å². The summed E-state index contributed by atoms with van der Waals surface area (Å²) in [6.45, 7) is 2.00. The van der Waals surface area contributed by atoms with Crippen LogP contribution in [0.15, 0.2) is 0 Å². The van der Waals surface area contributed by atoms with E-state index in [1.165, 1.54) is 0 Å². The van der Waals surface area contributed by atoms with E-state index < -0.39 is 20.2 Å². The molecule has 0 aliphatic carbocycles. The standard InChI is InChI=1S/C9H20O7S2/c1-4-9(5-6-15-17(2,10)11)14-7-8-16-18(3,12)13/h9H,4-8H2,1-3H3/t9-/m1/s1. The minimum absolute atomic E-state index is 0.0459. The molecular weight excluding hydrogens is 284 g/mol. The average molecular weight is 304 g/mol. The van der Waals surface area contributed by atoms with Gasteiger partial charge < -0.3 is 4.74 Å². The van der Waals surface area contributed by atoms with Crippen LogP contribution < -0.4 is 0 Å². The minimum Gasteiger partial charge on any atom is -0.376 e. The first-order chi connectivity index (χ1) is 8.14. The van der Waals surface area contributed by atoms with Gasteiger partial charge in [-0.25, -0.2) is 0 Å². The lowest BCUT2D eigenvalue weighted by Crippen LogP contribution is -2.19. The Morgan fingerprint density at radius 2 is 1.39 bits per heavy atom. The lowest BCUT2D eigenvalue weighted by molar-refractivity contribution is 0.0211. The first-order valence-corrected chi connectivity index (χ1v) is 9.07. The second-order valence-electron chi connectivity index (χ2n) is 3.74. The van der Waals surface area contributed by atoms with E-state index in [4.69, 9.17) is 4.74 Å². The monoisotopic (exact) mass is 304 g/mol. The van der Waals surface area contributed by atoms with E-state index in [0.717, 1.165) is 12.5 Å². The highest BCUT2D eigenvalue weighted by Crippen LogP contribution is 2.05. The lowest BCUT2D eigenvalue weighted by Gasteiger charge is -2.15. The molecule has 0 saturated heterocycles. The molecule has 0 aliphatic rings. The summed E-state index contributed by atoms with van der Waals surface area (Å²) in [6.07, 6.45) is 2.85. The fourth-order valence-corrected chi connectivity index (χ4v) is 1.91. The van der Waals surface area contributed by atoms with Crippen LogP contribution in [0.25, 0.3) is 0 Å². The Hall–Kier alpha value is -0.220. The summed E-state index contributed by atoms with van der Waals surface area (Å²) in [7, 11) is -6.88. The fraction of sp³-hybridized carbons (Fsp3) is 1.00. The van der Waals surface area contributed by atoms with Crippen LogP contribution in [0.5, 0.6) is 0 Å². The van der Waals surface area contributed by atoms with Gasteiger partial charge >= 0.3 is 0 Å². The van der Waals surface area contributed by atoms with Crippen molar-refractivity contribution < 1.29 is 29.9 Å². The molecule has 7 nitrogen and oxygen atoms in total. The second kappa shape index (κ2) is 8.05. The third-order valence-electron chi connectivity index (χ3n) is 1.93. The number of hydrogen-bond donors (Lipinski definition) is 0. The van der Waals surface area contributed by atoms with Crippen LogP contribution in [0.1, 0.15) is 19.8 Å². The highest BCUT2D eigenvalue weighted by atomic mass is 32.2. The highest BCUT2D eigenvalue weighted by molar-refractivity contribution is 7.86. The van der Waals surface area contributed by atoms with E-state index in [2.05, 4.69) is 8.37 Å². The number of hydrogen-bond acceptors (Lipinski definition) is 7. The Labute approximate surface area is 109 Å². The van der Waals surface area contributed by atoms with Crippen molar-refractivity contribution >= 4 is 20.2 Å². The molecule has 0 unspecified atom stereocenters. The van der Waals surface area contributed by atoms with Gasteiger partial charge in [0.05, 0.1) is 38.4 Å². The summed E-state index contributed by atoms with van der Waals surface area (Å²) in [4.78, 5) is 0. The van der Waals surface area contributed by atoms with Crippen molar-refractivity contribution in [3.05, 3.63) is 0 Å². The molecule has 0 aromatic carbocycles. The second-order valence-corrected chi connectivity index (χ2v) is 7.03. The van der Waals surface area contributed by atoms with Gasteiger partial charge in [0.25, 0.3) is 20.2 Å². The molecule has 9 heteroatoms. The molecule has 18 heavy (non-hydrogen) atoms. The molecule has 0 spiro atoms. The quantitative estimate of drug-likeness (QED) is 0.418. The number of rotatable bonds is 10. The molecule has 1 atom stereocenters. The van der Waals surface area contributed by atoms with Crippen LogP contribution in [-0.4, -0.2) is 55.3 Å². The third kappa shape index (κ3) is 12.2. The molecule has 0 aromatic heterocycles. The molecular formula is C9H20O7S2. The Bertz CT molecular complexity index is 412. The highest BCUT2D eigenvalue weighted by Gasteiger charge is 2.10. The van der Waals surface area contributed by atoms with Crippen molar-refractivity contribution in [2.75, 3.05) is 32.3 Å². The van der Waals surface area contributed by atoms with E-state index in [-0.39, 0.29) is 25.9 Å². The van der Waals surface area contributed by atoms with Gasteiger partial charge in [-0.3, -0.25) is 8.37 Å². The van der Waals surface area contributed by atoms with Crippen LogP contribution >= 0.6 is 0 Å². The van der Waals surface area contributed by atoms with Crippen molar-refractivity contribution in [2.45, 2.75) is 25.9 Å².